The van der Waals surface area contributed by atoms with E-state index < -0.39 is 0 Å². The van der Waals surface area contributed by atoms with Gasteiger partial charge in [-0.2, -0.15) is 5.10 Å². The van der Waals surface area contributed by atoms with Crippen LogP contribution in [0.4, 0.5) is 4.39 Å². The Morgan fingerprint density at radius 1 is 1.28 bits per heavy atom. The van der Waals surface area contributed by atoms with Crippen LogP contribution in [0.5, 0.6) is 0 Å². The fraction of sp³-hybridized carbons (Fsp3) is 0.545. The Kier molecular flexibility index (Phi) is 5.44. The summed E-state index contributed by atoms with van der Waals surface area (Å²) in [5, 5.41) is 17.4. The molecule has 0 saturated carbocycles. The van der Waals surface area contributed by atoms with Gasteiger partial charge in [-0.15, -0.1) is 0 Å². The van der Waals surface area contributed by atoms with Crippen LogP contribution in [0.2, 0.25) is 0 Å². The normalized spacial score (nSPS) is 22.3. The number of hydrogen-bond acceptors (Lipinski definition) is 4. The summed E-state index contributed by atoms with van der Waals surface area (Å²) in [5.74, 6) is -0.268. The molecule has 1 aromatic heterocycles. The van der Waals surface area contributed by atoms with Crippen molar-refractivity contribution in [2.24, 2.45) is 5.41 Å². The van der Waals surface area contributed by atoms with Crippen LogP contribution in [0.15, 0.2) is 30.5 Å². The quantitative estimate of drug-likeness (QED) is 0.828. The zero-order valence-electron chi connectivity index (χ0n) is 17.1. The van der Waals surface area contributed by atoms with Gasteiger partial charge in [-0.3, -0.25) is 9.69 Å². The van der Waals surface area contributed by atoms with Crippen molar-refractivity contribution in [1.82, 2.24) is 20.0 Å². The van der Waals surface area contributed by atoms with Crippen LogP contribution in [0.1, 0.15) is 50.4 Å². The number of amides is 1. The molecule has 2 heterocycles. The van der Waals surface area contributed by atoms with Crippen LogP contribution in [-0.4, -0.2) is 51.4 Å². The number of hydrogen-bond donors (Lipinski definition) is 2. The first-order chi connectivity index (χ1) is 13.8. The monoisotopic (exact) mass is 400 g/mol. The molecule has 7 heteroatoms. The van der Waals surface area contributed by atoms with E-state index in [4.69, 9.17) is 0 Å². The molecule has 1 fully saturated rings. The van der Waals surface area contributed by atoms with Crippen molar-refractivity contribution in [2.45, 2.75) is 51.7 Å². The molecule has 1 aliphatic carbocycles. The third-order valence-corrected chi connectivity index (χ3v) is 6.01. The molecule has 1 amide bonds. The third-order valence-electron chi connectivity index (χ3n) is 6.01. The summed E-state index contributed by atoms with van der Waals surface area (Å²) in [6, 6.07) is 6.23. The Morgan fingerprint density at radius 2 is 1.97 bits per heavy atom. The molecule has 2 aliphatic rings. The summed E-state index contributed by atoms with van der Waals surface area (Å²) in [4.78, 5) is 14.8. The third kappa shape index (κ3) is 4.51. The molecule has 1 atom stereocenters. The topological polar surface area (TPSA) is 70.4 Å². The molecule has 2 N–H and O–H groups in total. The number of nitrogens with zero attached hydrogens (tertiary/aromatic N) is 3. The Balaban J connectivity index is 1.52. The van der Waals surface area contributed by atoms with E-state index in [0.717, 1.165) is 55.7 Å². The molecule has 2 aromatic rings. The molecule has 29 heavy (non-hydrogen) atoms. The molecular formula is C22H29FN4O2. The molecule has 156 valence electrons. The van der Waals surface area contributed by atoms with Crippen LogP contribution in [0.25, 0.3) is 5.69 Å². The lowest BCUT2D eigenvalue weighted by molar-refractivity contribution is -0.123. The Labute approximate surface area is 170 Å². The predicted molar refractivity (Wildman–Crippen MR) is 108 cm³/mol. The summed E-state index contributed by atoms with van der Waals surface area (Å²) < 4.78 is 15.2. The minimum Gasteiger partial charge on any atom is -0.393 e. The number of halogens is 1. The number of aliphatic hydroxyl groups excluding tert-OH is 1. The highest BCUT2D eigenvalue weighted by Gasteiger charge is 2.36. The average Bonchev–Trinajstić information content (AvgIpc) is 3.07. The van der Waals surface area contributed by atoms with Gasteiger partial charge in [0, 0.05) is 18.7 Å². The smallest absolute Gasteiger partial charge is 0.234 e. The number of piperidine rings is 1. The van der Waals surface area contributed by atoms with Crippen molar-refractivity contribution in [3.05, 3.63) is 47.5 Å². The molecule has 1 saturated heterocycles. The average molecular weight is 400 g/mol. The molecule has 0 bridgehead atoms. The van der Waals surface area contributed by atoms with Crippen molar-refractivity contribution in [3.8, 4) is 5.69 Å². The highest BCUT2D eigenvalue weighted by atomic mass is 19.1. The number of carbonyl (C=O) groups is 1. The van der Waals surface area contributed by atoms with Gasteiger partial charge in [-0.05, 0) is 55.4 Å². The highest BCUT2D eigenvalue weighted by Crippen LogP contribution is 2.41. The van der Waals surface area contributed by atoms with Crippen molar-refractivity contribution in [2.75, 3.05) is 19.6 Å². The minimum absolute atomic E-state index is 0.00423. The Morgan fingerprint density at radius 3 is 2.66 bits per heavy atom. The molecule has 0 unspecified atom stereocenters. The summed E-state index contributed by atoms with van der Waals surface area (Å²) in [6.45, 7) is 6.24. The van der Waals surface area contributed by atoms with E-state index in [2.05, 4.69) is 29.2 Å². The highest BCUT2D eigenvalue weighted by molar-refractivity contribution is 5.78. The minimum atomic E-state index is -0.273. The largest absolute Gasteiger partial charge is 0.393 e. The molecule has 0 spiro atoms. The maximum Gasteiger partial charge on any atom is 0.234 e. The number of carbonyl (C=O) groups excluding carboxylic acids is 1. The SMILES string of the molecule is CC1(C)Cc2c(cnn2-c2ccc(F)cc2)[C@H](NC(=O)CN2CCC(O)CC2)C1. The maximum atomic E-state index is 13.3. The lowest BCUT2D eigenvalue weighted by atomic mass is 9.74. The second-order valence-electron chi connectivity index (χ2n) is 9.11. The zero-order valence-corrected chi connectivity index (χ0v) is 17.1. The first-order valence-electron chi connectivity index (χ1n) is 10.3. The first-order valence-corrected chi connectivity index (χ1v) is 10.3. The summed E-state index contributed by atoms with van der Waals surface area (Å²) in [7, 11) is 0. The van der Waals surface area contributed by atoms with Gasteiger partial charge in [0.05, 0.1) is 36.3 Å². The van der Waals surface area contributed by atoms with E-state index >= 15 is 0 Å². The lowest BCUT2D eigenvalue weighted by Gasteiger charge is -2.36. The second kappa shape index (κ2) is 7.88. The Hall–Kier alpha value is -2.25. The van der Waals surface area contributed by atoms with Gasteiger partial charge in [0.1, 0.15) is 5.82 Å². The van der Waals surface area contributed by atoms with Crippen LogP contribution in [-0.2, 0) is 11.2 Å². The van der Waals surface area contributed by atoms with Crippen LogP contribution >= 0.6 is 0 Å². The number of aliphatic hydroxyl groups is 1. The van der Waals surface area contributed by atoms with Gasteiger partial charge in [-0.1, -0.05) is 13.8 Å². The molecular weight excluding hydrogens is 371 g/mol. The van der Waals surface area contributed by atoms with E-state index in [1.165, 1.54) is 12.1 Å². The molecule has 0 radical (unpaired) electrons. The van der Waals surface area contributed by atoms with Gasteiger partial charge in [0.2, 0.25) is 5.91 Å². The van der Waals surface area contributed by atoms with E-state index in [1.54, 1.807) is 12.1 Å². The number of rotatable bonds is 4. The zero-order chi connectivity index (χ0) is 20.6. The molecule has 6 nitrogen and oxygen atoms in total. The van der Waals surface area contributed by atoms with Gasteiger partial charge in [-0.25, -0.2) is 9.07 Å². The van der Waals surface area contributed by atoms with Crippen LogP contribution in [0.3, 0.4) is 0 Å². The number of fused-ring (bicyclic) bond motifs is 1. The van der Waals surface area contributed by atoms with E-state index in [0.29, 0.717) is 6.54 Å². The predicted octanol–water partition coefficient (Wildman–Crippen LogP) is 2.60. The molecule has 1 aliphatic heterocycles. The van der Waals surface area contributed by atoms with Gasteiger partial charge >= 0.3 is 0 Å². The fourth-order valence-corrected chi connectivity index (χ4v) is 4.50. The van der Waals surface area contributed by atoms with Crippen LogP contribution < -0.4 is 5.32 Å². The summed E-state index contributed by atoms with van der Waals surface area (Å²) in [5.41, 5.74) is 2.94. The van der Waals surface area contributed by atoms with Gasteiger partial charge in [0.15, 0.2) is 0 Å². The van der Waals surface area contributed by atoms with Crippen molar-refractivity contribution >= 4 is 5.91 Å². The van der Waals surface area contributed by atoms with Gasteiger partial charge in [0.25, 0.3) is 0 Å². The van der Waals surface area contributed by atoms with E-state index in [1.807, 2.05) is 10.9 Å². The molecule has 1 aromatic carbocycles. The second-order valence-corrected chi connectivity index (χ2v) is 9.11. The lowest BCUT2D eigenvalue weighted by Crippen LogP contribution is -2.44. The number of likely N-dealkylation sites (tertiary alicyclic amines) is 1. The van der Waals surface area contributed by atoms with Crippen LogP contribution in [0, 0.1) is 11.2 Å². The first kappa shape index (κ1) is 20.0. The number of nitrogens with one attached hydrogen (secondary N) is 1. The van der Waals surface area contributed by atoms with Crippen molar-refractivity contribution in [3.63, 3.8) is 0 Å². The standard InChI is InChI=1S/C22H29FN4O2/c1-22(2)11-19(25-21(29)14-26-9-7-17(28)8-10-26)18-13-24-27(20(18)12-22)16-5-3-15(23)4-6-16/h3-6,13,17,19,28H,7-12,14H2,1-2H3,(H,25,29)/t19-/m1/s1. The van der Waals surface area contributed by atoms with Gasteiger partial charge < -0.3 is 10.4 Å². The fourth-order valence-electron chi connectivity index (χ4n) is 4.50. The number of aromatic nitrogens is 2. The summed E-state index contributed by atoms with van der Waals surface area (Å²) >= 11 is 0. The summed E-state index contributed by atoms with van der Waals surface area (Å²) in [6.07, 6.45) is 4.72. The van der Waals surface area contributed by atoms with Crippen molar-refractivity contribution in [1.29, 1.82) is 0 Å². The van der Waals surface area contributed by atoms with E-state index in [-0.39, 0.29) is 29.3 Å². The van der Waals surface area contributed by atoms with Crippen molar-refractivity contribution < 1.29 is 14.3 Å². The van der Waals surface area contributed by atoms with E-state index in [9.17, 15) is 14.3 Å². The molecule has 4 rings (SSSR count). The Bertz CT molecular complexity index is 869. The maximum absolute atomic E-state index is 13.3. The number of benzene rings is 1.